The third kappa shape index (κ3) is 6.23. The lowest BCUT2D eigenvalue weighted by Crippen LogP contribution is -2.52. The van der Waals surface area contributed by atoms with Crippen LogP contribution in [0.1, 0.15) is 12.0 Å². The van der Waals surface area contributed by atoms with Gasteiger partial charge >= 0.3 is 0 Å². The van der Waals surface area contributed by atoms with Crippen molar-refractivity contribution in [3.63, 3.8) is 0 Å². The molecule has 1 saturated heterocycles. The Labute approximate surface area is 168 Å². The molecule has 6 nitrogen and oxygen atoms in total. The molecule has 0 bridgehead atoms. The monoisotopic (exact) mass is 381 g/mol. The fourth-order valence-corrected chi connectivity index (χ4v) is 3.33. The van der Waals surface area contributed by atoms with Gasteiger partial charge in [0.2, 0.25) is 0 Å². The number of anilines is 1. The molecule has 1 N–H and O–H groups in total. The van der Waals surface area contributed by atoms with Crippen molar-refractivity contribution in [2.24, 2.45) is 4.99 Å². The Morgan fingerprint density at radius 3 is 2.54 bits per heavy atom. The van der Waals surface area contributed by atoms with E-state index in [0.717, 1.165) is 70.6 Å². The van der Waals surface area contributed by atoms with Crippen LogP contribution in [0.15, 0.2) is 59.7 Å². The summed E-state index contributed by atoms with van der Waals surface area (Å²) < 4.78 is 5.75. The fraction of sp³-hybridized carbons (Fsp3) is 0.455. The molecule has 3 rings (SSSR count). The number of ether oxygens (including phenoxy) is 1. The Balaban J connectivity index is 1.29. The Hall–Kier alpha value is -2.60. The van der Waals surface area contributed by atoms with Crippen molar-refractivity contribution in [1.82, 2.24) is 15.2 Å². The second-order valence-electron chi connectivity index (χ2n) is 6.84. The Bertz CT molecular complexity index is 699. The van der Waals surface area contributed by atoms with E-state index >= 15 is 0 Å². The lowest BCUT2D eigenvalue weighted by atomic mass is 10.2. The Morgan fingerprint density at radius 1 is 1.04 bits per heavy atom. The van der Waals surface area contributed by atoms with Crippen molar-refractivity contribution >= 4 is 11.8 Å². The molecule has 0 spiro atoms. The molecule has 0 atom stereocenters. The maximum Gasteiger partial charge on any atom is 0.193 e. The molecule has 1 aliphatic heterocycles. The number of nitrogens with zero attached hydrogens (tertiary/aromatic N) is 4. The largest absolute Gasteiger partial charge is 0.381 e. The first-order chi connectivity index (χ1) is 13.9. The van der Waals surface area contributed by atoms with Gasteiger partial charge < -0.3 is 19.9 Å². The number of rotatable bonds is 8. The molecule has 0 unspecified atom stereocenters. The number of guanidine groups is 1. The maximum atomic E-state index is 5.75. The van der Waals surface area contributed by atoms with E-state index in [2.05, 4.69) is 55.4 Å². The molecule has 1 fully saturated rings. The van der Waals surface area contributed by atoms with E-state index in [1.54, 1.807) is 0 Å². The smallest absolute Gasteiger partial charge is 0.193 e. The van der Waals surface area contributed by atoms with Gasteiger partial charge in [0.05, 0.1) is 6.61 Å². The van der Waals surface area contributed by atoms with Gasteiger partial charge in [-0.1, -0.05) is 36.4 Å². The van der Waals surface area contributed by atoms with Gasteiger partial charge in [0, 0.05) is 52.6 Å². The van der Waals surface area contributed by atoms with E-state index in [4.69, 9.17) is 4.74 Å². The van der Waals surface area contributed by atoms with Gasteiger partial charge in [0.1, 0.15) is 5.82 Å². The molecular weight excluding hydrogens is 350 g/mol. The second-order valence-corrected chi connectivity index (χ2v) is 6.84. The normalized spacial score (nSPS) is 15.0. The number of hydrogen-bond acceptors (Lipinski definition) is 4. The molecule has 28 heavy (non-hydrogen) atoms. The van der Waals surface area contributed by atoms with Crippen LogP contribution in [0.3, 0.4) is 0 Å². The van der Waals surface area contributed by atoms with Crippen LogP contribution in [0.2, 0.25) is 0 Å². The number of nitrogens with one attached hydrogen (secondary N) is 1. The van der Waals surface area contributed by atoms with Gasteiger partial charge in [-0.3, -0.25) is 4.99 Å². The number of piperazine rings is 1. The summed E-state index contributed by atoms with van der Waals surface area (Å²) >= 11 is 0. The zero-order valence-electron chi connectivity index (χ0n) is 16.8. The lowest BCUT2D eigenvalue weighted by molar-refractivity contribution is 0.135. The van der Waals surface area contributed by atoms with Crippen LogP contribution in [0.4, 0.5) is 5.82 Å². The van der Waals surface area contributed by atoms with Gasteiger partial charge in [-0.2, -0.15) is 0 Å². The average molecular weight is 382 g/mol. The summed E-state index contributed by atoms with van der Waals surface area (Å²) in [5.74, 6) is 2.03. The van der Waals surface area contributed by atoms with Crippen LogP contribution in [0.5, 0.6) is 0 Å². The molecule has 1 aliphatic rings. The molecule has 1 aromatic heterocycles. The molecule has 6 heteroatoms. The molecule has 0 radical (unpaired) electrons. The second kappa shape index (κ2) is 11.3. The number of aliphatic imine (C=N–C) groups is 1. The highest BCUT2D eigenvalue weighted by Gasteiger charge is 2.20. The highest BCUT2D eigenvalue weighted by Crippen LogP contribution is 2.12. The predicted molar refractivity (Wildman–Crippen MR) is 115 cm³/mol. The van der Waals surface area contributed by atoms with Crippen LogP contribution in [-0.2, 0) is 11.2 Å². The highest BCUT2D eigenvalue weighted by molar-refractivity contribution is 5.80. The Kier molecular flexibility index (Phi) is 8.12. The van der Waals surface area contributed by atoms with Crippen LogP contribution in [-0.4, -0.2) is 68.8 Å². The molecule has 0 amide bonds. The van der Waals surface area contributed by atoms with Gasteiger partial charge in [-0.25, -0.2) is 4.98 Å². The standard InChI is InChI=1S/C22H31N5O/c1-23-22(25-13-7-18-28-19-11-20-8-3-2-4-9-20)27-16-14-26(15-17-27)21-10-5-6-12-24-21/h2-6,8-10,12H,7,11,13-19H2,1H3,(H,23,25). The summed E-state index contributed by atoms with van der Waals surface area (Å²) in [5.41, 5.74) is 1.32. The van der Waals surface area contributed by atoms with Crippen molar-refractivity contribution in [2.75, 3.05) is 57.9 Å². The number of benzene rings is 1. The number of aromatic nitrogens is 1. The van der Waals surface area contributed by atoms with Crippen molar-refractivity contribution in [1.29, 1.82) is 0 Å². The minimum absolute atomic E-state index is 0.768. The average Bonchev–Trinajstić information content (AvgIpc) is 2.77. The van der Waals surface area contributed by atoms with E-state index < -0.39 is 0 Å². The summed E-state index contributed by atoms with van der Waals surface area (Å²) in [4.78, 5) is 13.5. The van der Waals surface area contributed by atoms with Gasteiger partial charge in [-0.05, 0) is 30.5 Å². The molecular formula is C22H31N5O. The van der Waals surface area contributed by atoms with Crippen molar-refractivity contribution in [2.45, 2.75) is 12.8 Å². The van der Waals surface area contributed by atoms with E-state index in [1.807, 2.05) is 31.4 Å². The van der Waals surface area contributed by atoms with Gasteiger partial charge in [-0.15, -0.1) is 0 Å². The number of pyridine rings is 1. The quantitative estimate of drug-likeness (QED) is 0.432. The third-order valence-electron chi connectivity index (χ3n) is 4.89. The van der Waals surface area contributed by atoms with Crippen molar-refractivity contribution in [3.8, 4) is 0 Å². The van der Waals surface area contributed by atoms with E-state index in [1.165, 1.54) is 5.56 Å². The first-order valence-corrected chi connectivity index (χ1v) is 10.1. The predicted octanol–water partition coefficient (Wildman–Crippen LogP) is 2.43. The summed E-state index contributed by atoms with van der Waals surface area (Å²) in [5, 5.41) is 3.46. The molecule has 2 heterocycles. The third-order valence-corrected chi connectivity index (χ3v) is 4.89. The van der Waals surface area contributed by atoms with E-state index in [0.29, 0.717) is 0 Å². The summed E-state index contributed by atoms with van der Waals surface area (Å²) in [7, 11) is 1.85. The first kappa shape index (κ1) is 20.1. The van der Waals surface area contributed by atoms with Crippen molar-refractivity contribution in [3.05, 3.63) is 60.3 Å². The SMILES string of the molecule is CN=C(NCCCOCCc1ccccc1)N1CCN(c2ccccn2)CC1. The van der Waals surface area contributed by atoms with Gasteiger partial charge in [0.25, 0.3) is 0 Å². The number of hydrogen-bond donors (Lipinski definition) is 1. The van der Waals surface area contributed by atoms with E-state index in [-0.39, 0.29) is 0 Å². The van der Waals surface area contributed by atoms with Crippen LogP contribution in [0.25, 0.3) is 0 Å². The highest BCUT2D eigenvalue weighted by atomic mass is 16.5. The lowest BCUT2D eigenvalue weighted by Gasteiger charge is -2.37. The first-order valence-electron chi connectivity index (χ1n) is 10.1. The summed E-state index contributed by atoms with van der Waals surface area (Å²) in [6.07, 6.45) is 3.79. The molecule has 150 valence electrons. The van der Waals surface area contributed by atoms with Crippen molar-refractivity contribution < 1.29 is 4.74 Å². The molecule has 0 aliphatic carbocycles. The minimum Gasteiger partial charge on any atom is -0.381 e. The topological polar surface area (TPSA) is 53.0 Å². The van der Waals surface area contributed by atoms with Gasteiger partial charge in [0.15, 0.2) is 5.96 Å². The minimum atomic E-state index is 0.768. The summed E-state index contributed by atoms with van der Waals surface area (Å²) in [6.45, 7) is 6.23. The molecule has 1 aromatic carbocycles. The Morgan fingerprint density at radius 2 is 1.82 bits per heavy atom. The molecule has 0 saturated carbocycles. The van der Waals surface area contributed by atoms with Crippen LogP contribution >= 0.6 is 0 Å². The van der Waals surface area contributed by atoms with Crippen LogP contribution < -0.4 is 10.2 Å². The van der Waals surface area contributed by atoms with Crippen LogP contribution in [0, 0.1) is 0 Å². The van der Waals surface area contributed by atoms with E-state index in [9.17, 15) is 0 Å². The fourth-order valence-electron chi connectivity index (χ4n) is 3.33. The maximum absolute atomic E-state index is 5.75. The zero-order chi connectivity index (χ0) is 19.4. The zero-order valence-corrected chi connectivity index (χ0v) is 16.8. The summed E-state index contributed by atoms with van der Waals surface area (Å²) in [6, 6.07) is 16.5. The molecule has 2 aromatic rings.